The number of phenols is 1. The van der Waals surface area contributed by atoms with Gasteiger partial charge in [0.05, 0.1) is 6.42 Å². The van der Waals surface area contributed by atoms with E-state index < -0.39 is 11.4 Å². The third-order valence-electron chi connectivity index (χ3n) is 3.42. The van der Waals surface area contributed by atoms with Crippen molar-refractivity contribution in [2.45, 2.75) is 52.4 Å². The molecule has 106 valence electrons. The maximum absolute atomic E-state index is 11.0. The first-order chi connectivity index (χ1) is 8.58. The van der Waals surface area contributed by atoms with Crippen LogP contribution in [0.1, 0.15) is 56.7 Å². The third kappa shape index (κ3) is 3.21. The molecule has 19 heavy (non-hydrogen) atoms. The highest BCUT2D eigenvalue weighted by Gasteiger charge is 2.31. The van der Waals surface area contributed by atoms with Gasteiger partial charge in [0, 0.05) is 16.0 Å². The molecule has 0 unspecified atom stereocenters. The SMILES string of the molecule is Cc1c(Cl)cc(C(C)C)c(O)c1C(C)(C)CC(=O)O. The van der Waals surface area contributed by atoms with Crippen LogP contribution in [0.15, 0.2) is 6.07 Å². The van der Waals surface area contributed by atoms with Crippen molar-refractivity contribution in [2.24, 2.45) is 0 Å². The summed E-state index contributed by atoms with van der Waals surface area (Å²) in [6.45, 7) is 9.36. The van der Waals surface area contributed by atoms with Gasteiger partial charge in [0.15, 0.2) is 0 Å². The first kappa shape index (κ1) is 15.8. The van der Waals surface area contributed by atoms with Crippen LogP contribution in [-0.4, -0.2) is 16.2 Å². The molecule has 0 aromatic heterocycles. The molecule has 0 aliphatic carbocycles. The Bertz CT molecular complexity index is 505. The van der Waals surface area contributed by atoms with E-state index >= 15 is 0 Å². The van der Waals surface area contributed by atoms with Crippen LogP contribution in [0.5, 0.6) is 5.75 Å². The van der Waals surface area contributed by atoms with Gasteiger partial charge in [0.1, 0.15) is 5.75 Å². The molecule has 0 amide bonds. The van der Waals surface area contributed by atoms with Crippen molar-refractivity contribution in [3.63, 3.8) is 0 Å². The maximum Gasteiger partial charge on any atom is 0.304 e. The molecular weight excluding hydrogens is 264 g/mol. The number of rotatable bonds is 4. The number of carboxylic acid groups (broad SMARTS) is 1. The molecule has 2 N–H and O–H groups in total. The second-order valence-corrected chi connectivity index (χ2v) is 6.31. The smallest absolute Gasteiger partial charge is 0.304 e. The van der Waals surface area contributed by atoms with Gasteiger partial charge < -0.3 is 10.2 Å². The van der Waals surface area contributed by atoms with Crippen molar-refractivity contribution < 1.29 is 15.0 Å². The lowest BCUT2D eigenvalue weighted by atomic mass is 9.77. The number of phenolic OH excluding ortho intramolecular Hbond substituents is 1. The van der Waals surface area contributed by atoms with Gasteiger partial charge in [-0.05, 0) is 30.0 Å². The fourth-order valence-electron chi connectivity index (χ4n) is 2.49. The maximum atomic E-state index is 11.0. The second-order valence-electron chi connectivity index (χ2n) is 5.91. The zero-order valence-corrected chi connectivity index (χ0v) is 12.8. The molecule has 1 aromatic rings. The minimum atomic E-state index is -0.894. The van der Waals surface area contributed by atoms with E-state index in [4.69, 9.17) is 16.7 Å². The summed E-state index contributed by atoms with van der Waals surface area (Å²) in [5, 5.41) is 20.1. The van der Waals surface area contributed by atoms with Gasteiger partial charge in [-0.25, -0.2) is 0 Å². The summed E-state index contributed by atoms with van der Waals surface area (Å²) >= 11 is 6.22. The van der Waals surface area contributed by atoms with Gasteiger partial charge in [-0.3, -0.25) is 4.79 Å². The Balaban J connectivity index is 3.53. The Morgan fingerprint density at radius 3 is 2.37 bits per heavy atom. The molecule has 0 saturated heterocycles. The second kappa shape index (κ2) is 5.41. The van der Waals surface area contributed by atoms with Crippen LogP contribution in [-0.2, 0) is 10.2 Å². The molecule has 0 radical (unpaired) electrons. The number of hydrogen-bond donors (Lipinski definition) is 2. The molecule has 0 heterocycles. The molecule has 0 bridgehead atoms. The zero-order chi connectivity index (χ0) is 15.0. The van der Waals surface area contributed by atoms with E-state index in [0.29, 0.717) is 10.6 Å². The van der Waals surface area contributed by atoms with Crippen LogP contribution in [0.4, 0.5) is 0 Å². The van der Waals surface area contributed by atoms with Gasteiger partial charge in [0.25, 0.3) is 0 Å². The number of aromatic hydroxyl groups is 1. The Hall–Kier alpha value is -1.22. The molecule has 0 saturated carbocycles. The van der Waals surface area contributed by atoms with Crippen LogP contribution >= 0.6 is 11.6 Å². The number of carboxylic acids is 1. The van der Waals surface area contributed by atoms with E-state index in [1.807, 2.05) is 34.6 Å². The lowest BCUT2D eigenvalue weighted by Crippen LogP contribution is -2.23. The van der Waals surface area contributed by atoms with E-state index in [2.05, 4.69) is 0 Å². The molecule has 0 aliphatic heterocycles. The summed E-state index contributed by atoms with van der Waals surface area (Å²) in [6.07, 6.45) is -0.0563. The third-order valence-corrected chi connectivity index (χ3v) is 3.81. The monoisotopic (exact) mass is 284 g/mol. The molecule has 0 spiro atoms. The van der Waals surface area contributed by atoms with Gasteiger partial charge in [0.2, 0.25) is 0 Å². The van der Waals surface area contributed by atoms with Crippen molar-refractivity contribution in [2.75, 3.05) is 0 Å². The quantitative estimate of drug-likeness (QED) is 0.870. The molecule has 1 aromatic carbocycles. The van der Waals surface area contributed by atoms with Crippen molar-refractivity contribution in [3.8, 4) is 5.75 Å². The fraction of sp³-hybridized carbons (Fsp3) is 0.533. The molecule has 3 nitrogen and oxygen atoms in total. The van der Waals surface area contributed by atoms with Crippen molar-refractivity contribution >= 4 is 17.6 Å². The Morgan fingerprint density at radius 2 is 1.95 bits per heavy atom. The van der Waals surface area contributed by atoms with Crippen LogP contribution in [0, 0.1) is 6.92 Å². The lowest BCUT2D eigenvalue weighted by molar-refractivity contribution is -0.138. The Labute approximate surface area is 119 Å². The lowest BCUT2D eigenvalue weighted by Gasteiger charge is -2.28. The Morgan fingerprint density at radius 1 is 1.42 bits per heavy atom. The molecule has 0 aliphatic rings. The molecule has 4 heteroatoms. The van der Waals surface area contributed by atoms with E-state index in [1.54, 1.807) is 6.07 Å². The summed E-state index contributed by atoms with van der Waals surface area (Å²) in [4.78, 5) is 11.0. The number of benzene rings is 1. The summed E-state index contributed by atoms with van der Waals surface area (Å²) in [5.41, 5.74) is 1.46. The normalized spacial score (nSPS) is 11.9. The highest BCUT2D eigenvalue weighted by atomic mass is 35.5. The van der Waals surface area contributed by atoms with E-state index in [9.17, 15) is 9.90 Å². The first-order valence-corrected chi connectivity index (χ1v) is 6.70. The number of halogens is 1. The molecule has 0 fully saturated rings. The fourth-order valence-corrected chi connectivity index (χ4v) is 2.70. The highest BCUT2D eigenvalue weighted by molar-refractivity contribution is 6.31. The van der Waals surface area contributed by atoms with E-state index in [0.717, 1.165) is 11.1 Å². The van der Waals surface area contributed by atoms with E-state index in [1.165, 1.54) is 0 Å². The van der Waals surface area contributed by atoms with Gasteiger partial charge in [-0.15, -0.1) is 0 Å². The number of hydrogen-bond acceptors (Lipinski definition) is 2. The summed E-state index contributed by atoms with van der Waals surface area (Å²) in [7, 11) is 0. The predicted molar refractivity (Wildman–Crippen MR) is 77.2 cm³/mol. The van der Waals surface area contributed by atoms with Crippen LogP contribution in [0.2, 0.25) is 5.02 Å². The van der Waals surface area contributed by atoms with Gasteiger partial charge >= 0.3 is 5.97 Å². The van der Waals surface area contributed by atoms with E-state index in [-0.39, 0.29) is 18.1 Å². The Kier molecular flexibility index (Phi) is 4.51. The van der Waals surface area contributed by atoms with Crippen molar-refractivity contribution in [1.82, 2.24) is 0 Å². The highest BCUT2D eigenvalue weighted by Crippen LogP contribution is 2.43. The number of carbonyl (C=O) groups is 1. The average molecular weight is 285 g/mol. The largest absolute Gasteiger partial charge is 0.507 e. The zero-order valence-electron chi connectivity index (χ0n) is 12.0. The van der Waals surface area contributed by atoms with Crippen LogP contribution in [0.25, 0.3) is 0 Å². The van der Waals surface area contributed by atoms with Crippen LogP contribution in [0.3, 0.4) is 0 Å². The first-order valence-electron chi connectivity index (χ1n) is 6.32. The van der Waals surface area contributed by atoms with Crippen LogP contribution < -0.4 is 0 Å². The standard InChI is InChI=1S/C15H21ClO3/c1-8(2)10-6-11(16)9(3)13(14(10)19)15(4,5)7-12(17)18/h6,8,19H,7H2,1-5H3,(H,17,18). The molecule has 1 rings (SSSR count). The minimum Gasteiger partial charge on any atom is -0.507 e. The minimum absolute atomic E-state index is 0.0563. The molecular formula is C15H21ClO3. The van der Waals surface area contributed by atoms with Gasteiger partial charge in [-0.2, -0.15) is 0 Å². The topological polar surface area (TPSA) is 57.5 Å². The molecule has 0 atom stereocenters. The van der Waals surface area contributed by atoms with Gasteiger partial charge in [-0.1, -0.05) is 39.3 Å². The summed E-state index contributed by atoms with van der Waals surface area (Å²) in [6, 6.07) is 1.76. The number of aliphatic carboxylic acids is 1. The summed E-state index contributed by atoms with van der Waals surface area (Å²) < 4.78 is 0. The predicted octanol–water partition coefficient (Wildman–Crippen LogP) is 4.23. The van der Waals surface area contributed by atoms with Crippen molar-refractivity contribution in [1.29, 1.82) is 0 Å². The average Bonchev–Trinajstić information content (AvgIpc) is 2.20. The summed E-state index contributed by atoms with van der Waals surface area (Å²) in [5.74, 6) is -0.601. The van der Waals surface area contributed by atoms with Crippen molar-refractivity contribution in [3.05, 3.63) is 27.8 Å².